The third-order valence-electron chi connectivity index (χ3n) is 3.32. The lowest BCUT2D eigenvalue weighted by atomic mass is 10.1. The summed E-state index contributed by atoms with van der Waals surface area (Å²) in [4.78, 5) is 16.1. The number of hydrogen-bond donors (Lipinski definition) is 2. The van der Waals surface area contributed by atoms with Crippen molar-refractivity contribution in [2.75, 3.05) is 0 Å². The number of nitrogens with zero attached hydrogens (tertiary/aromatic N) is 3. The molecule has 1 amide bonds. The van der Waals surface area contributed by atoms with Crippen molar-refractivity contribution in [2.45, 2.75) is 6.92 Å². The number of nitrogens with one attached hydrogen (secondary N) is 2. The molecule has 0 saturated heterocycles. The van der Waals surface area contributed by atoms with E-state index in [-0.39, 0.29) is 5.91 Å². The average Bonchev–Trinajstić information content (AvgIpc) is 3.11. The Labute approximate surface area is 133 Å². The summed E-state index contributed by atoms with van der Waals surface area (Å²) in [5, 5.41) is 11.0. The van der Waals surface area contributed by atoms with Crippen LogP contribution in [0, 0.1) is 0 Å². The van der Waals surface area contributed by atoms with Gasteiger partial charge in [-0.2, -0.15) is 10.2 Å². The molecular formula is C17H15N5O. The summed E-state index contributed by atoms with van der Waals surface area (Å²) in [5.41, 5.74) is 6.13. The van der Waals surface area contributed by atoms with Crippen molar-refractivity contribution in [1.29, 1.82) is 0 Å². The summed E-state index contributed by atoms with van der Waals surface area (Å²) < 4.78 is 0. The molecule has 0 saturated carbocycles. The molecule has 0 unspecified atom stereocenters. The topological polar surface area (TPSA) is 83.0 Å². The first-order valence-electron chi connectivity index (χ1n) is 7.10. The molecular weight excluding hydrogens is 290 g/mol. The van der Waals surface area contributed by atoms with Crippen LogP contribution in [-0.2, 0) is 0 Å². The van der Waals surface area contributed by atoms with E-state index in [0.29, 0.717) is 17.1 Å². The van der Waals surface area contributed by atoms with Gasteiger partial charge in [-0.3, -0.25) is 14.9 Å². The summed E-state index contributed by atoms with van der Waals surface area (Å²) in [6.45, 7) is 1.82. The van der Waals surface area contributed by atoms with E-state index in [2.05, 4.69) is 25.7 Å². The smallest absolute Gasteiger partial charge is 0.272 e. The number of hydrazone groups is 1. The SMILES string of the molecule is C/C(=N\NC(=O)c1cc(-c2ccccc2)n[nH]1)c1ccncc1. The van der Waals surface area contributed by atoms with Crippen LogP contribution in [0.3, 0.4) is 0 Å². The minimum absolute atomic E-state index is 0.340. The van der Waals surface area contributed by atoms with Crippen molar-refractivity contribution in [3.63, 3.8) is 0 Å². The molecule has 23 heavy (non-hydrogen) atoms. The second-order valence-electron chi connectivity index (χ2n) is 4.91. The predicted octanol–water partition coefficient (Wildman–Crippen LogP) is 2.63. The van der Waals surface area contributed by atoms with Gasteiger partial charge in [0, 0.05) is 23.5 Å². The minimum atomic E-state index is -0.340. The van der Waals surface area contributed by atoms with Crippen molar-refractivity contribution < 1.29 is 4.79 Å². The third kappa shape index (κ3) is 3.49. The number of carbonyl (C=O) groups is 1. The van der Waals surface area contributed by atoms with E-state index in [1.807, 2.05) is 49.4 Å². The van der Waals surface area contributed by atoms with Gasteiger partial charge >= 0.3 is 0 Å². The van der Waals surface area contributed by atoms with Gasteiger partial charge in [0.25, 0.3) is 5.91 Å². The lowest BCUT2D eigenvalue weighted by Crippen LogP contribution is -2.19. The highest BCUT2D eigenvalue weighted by Gasteiger charge is 2.10. The van der Waals surface area contributed by atoms with E-state index >= 15 is 0 Å². The maximum absolute atomic E-state index is 12.1. The molecule has 2 N–H and O–H groups in total. The maximum atomic E-state index is 12.1. The number of pyridine rings is 1. The first-order valence-corrected chi connectivity index (χ1v) is 7.10. The fourth-order valence-electron chi connectivity index (χ4n) is 2.05. The van der Waals surface area contributed by atoms with Crippen LogP contribution in [0.2, 0.25) is 0 Å². The number of amides is 1. The first-order chi connectivity index (χ1) is 11.2. The molecule has 6 heteroatoms. The quantitative estimate of drug-likeness (QED) is 0.574. The van der Waals surface area contributed by atoms with Crippen molar-refractivity contribution in [1.82, 2.24) is 20.6 Å². The van der Waals surface area contributed by atoms with E-state index in [0.717, 1.165) is 11.1 Å². The maximum Gasteiger partial charge on any atom is 0.289 e. The summed E-state index contributed by atoms with van der Waals surface area (Å²) in [5.74, 6) is -0.340. The molecule has 0 fully saturated rings. The zero-order chi connectivity index (χ0) is 16.1. The normalized spacial score (nSPS) is 11.3. The molecule has 2 heterocycles. The summed E-state index contributed by atoms with van der Waals surface area (Å²) in [7, 11) is 0. The first kappa shape index (κ1) is 14.6. The average molecular weight is 305 g/mol. The number of benzene rings is 1. The zero-order valence-corrected chi connectivity index (χ0v) is 12.5. The number of aromatic nitrogens is 3. The molecule has 1 aromatic carbocycles. The molecule has 0 aliphatic rings. The van der Waals surface area contributed by atoms with E-state index in [4.69, 9.17) is 0 Å². The Morgan fingerprint density at radius 2 is 1.87 bits per heavy atom. The number of H-pyrrole nitrogens is 1. The molecule has 0 bridgehead atoms. The second-order valence-corrected chi connectivity index (χ2v) is 4.91. The van der Waals surface area contributed by atoms with Gasteiger partial charge in [-0.05, 0) is 25.1 Å². The number of hydrogen-bond acceptors (Lipinski definition) is 4. The van der Waals surface area contributed by atoms with Crippen LogP contribution >= 0.6 is 0 Å². The molecule has 0 atom stereocenters. The zero-order valence-electron chi connectivity index (χ0n) is 12.5. The Morgan fingerprint density at radius 3 is 2.61 bits per heavy atom. The largest absolute Gasteiger partial charge is 0.289 e. The van der Waals surface area contributed by atoms with Gasteiger partial charge < -0.3 is 0 Å². The van der Waals surface area contributed by atoms with Gasteiger partial charge in [-0.15, -0.1) is 0 Å². The van der Waals surface area contributed by atoms with Crippen molar-refractivity contribution in [3.05, 3.63) is 72.2 Å². The Bertz CT molecular complexity index is 824. The van der Waals surface area contributed by atoms with Crippen LogP contribution in [0.1, 0.15) is 23.0 Å². The molecule has 2 aromatic heterocycles. The molecule has 114 valence electrons. The second kappa shape index (κ2) is 6.65. The van der Waals surface area contributed by atoms with Crippen molar-refractivity contribution in [3.8, 4) is 11.3 Å². The highest BCUT2D eigenvalue weighted by molar-refractivity contribution is 6.00. The van der Waals surface area contributed by atoms with E-state index in [9.17, 15) is 4.79 Å². The highest BCUT2D eigenvalue weighted by atomic mass is 16.2. The number of carbonyl (C=O) groups excluding carboxylic acids is 1. The van der Waals surface area contributed by atoms with Gasteiger partial charge in [0.1, 0.15) is 5.69 Å². The molecule has 6 nitrogen and oxygen atoms in total. The lowest BCUT2D eigenvalue weighted by molar-refractivity contribution is 0.0950. The Morgan fingerprint density at radius 1 is 1.13 bits per heavy atom. The van der Waals surface area contributed by atoms with Gasteiger partial charge in [0.15, 0.2) is 0 Å². The van der Waals surface area contributed by atoms with Crippen LogP contribution in [0.4, 0.5) is 0 Å². The van der Waals surface area contributed by atoms with E-state index in [1.54, 1.807) is 18.5 Å². The van der Waals surface area contributed by atoms with Crippen LogP contribution < -0.4 is 5.43 Å². The fraction of sp³-hybridized carbons (Fsp3) is 0.0588. The van der Waals surface area contributed by atoms with Gasteiger partial charge in [-0.1, -0.05) is 30.3 Å². The molecule has 0 aliphatic carbocycles. The summed E-state index contributed by atoms with van der Waals surface area (Å²) in [6, 6.07) is 15.0. The van der Waals surface area contributed by atoms with E-state index < -0.39 is 0 Å². The molecule has 0 aliphatic heterocycles. The van der Waals surface area contributed by atoms with Crippen LogP contribution in [0.5, 0.6) is 0 Å². The minimum Gasteiger partial charge on any atom is -0.272 e. The van der Waals surface area contributed by atoms with Crippen molar-refractivity contribution >= 4 is 11.6 Å². The molecule has 3 rings (SSSR count). The van der Waals surface area contributed by atoms with Gasteiger partial charge in [0.05, 0.1) is 11.4 Å². The van der Waals surface area contributed by atoms with Gasteiger partial charge in [0.2, 0.25) is 0 Å². The van der Waals surface area contributed by atoms with Crippen LogP contribution in [-0.4, -0.2) is 26.8 Å². The van der Waals surface area contributed by atoms with E-state index in [1.165, 1.54) is 0 Å². The molecule has 0 radical (unpaired) electrons. The van der Waals surface area contributed by atoms with Gasteiger partial charge in [-0.25, -0.2) is 5.43 Å². The Balaban J connectivity index is 1.71. The predicted molar refractivity (Wildman–Crippen MR) is 87.9 cm³/mol. The Hall–Kier alpha value is -3.28. The van der Waals surface area contributed by atoms with Crippen LogP contribution in [0.25, 0.3) is 11.3 Å². The fourth-order valence-corrected chi connectivity index (χ4v) is 2.05. The summed E-state index contributed by atoms with van der Waals surface area (Å²) >= 11 is 0. The van der Waals surface area contributed by atoms with Crippen molar-refractivity contribution in [2.24, 2.45) is 5.10 Å². The summed E-state index contributed by atoms with van der Waals surface area (Å²) in [6.07, 6.45) is 3.36. The Kier molecular flexibility index (Phi) is 4.24. The molecule has 3 aromatic rings. The molecule has 0 spiro atoms. The number of aromatic amines is 1. The standard InChI is InChI=1S/C17H15N5O/c1-12(13-7-9-18-10-8-13)19-22-17(23)16-11-15(20-21-16)14-5-3-2-4-6-14/h2-11H,1H3,(H,20,21)(H,22,23)/b19-12+. The third-order valence-corrected chi connectivity index (χ3v) is 3.32. The number of rotatable bonds is 4. The lowest BCUT2D eigenvalue weighted by Gasteiger charge is -2.01. The van der Waals surface area contributed by atoms with Crippen LogP contribution in [0.15, 0.2) is 66.0 Å². The highest BCUT2D eigenvalue weighted by Crippen LogP contribution is 2.16. The monoisotopic (exact) mass is 305 g/mol.